The van der Waals surface area contributed by atoms with Gasteiger partial charge in [-0.15, -0.1) is 0 Å². The van der Waals surface area contributed by atoms with Crippen molar-refractivity contribution in [1.82, 2.24) is 14.5 Å². The number of aliphatic hydroxyl groups excluding tert-OH is 1. The predicted octanol–water partition coefficient (Wildman–Crippen LogP) is 0.349. The van der Waals surface area contributed by atoms with E-state index in [0.29, 0.717) is 0 Å². The molecule has 2 rings (SSSR count). The molecule has 1 heterocycles. The highest BCUT2D eigenvalue weighted by Gasteiger charge is 2.07. The molecule has 5 heteroatoms. The van der Waals surface area contributed by atoms with E-state index in [1.165, 1.54) is 0 Å². The van der Waals surface area contributed by atoms with Gasteiger partial charge in [-0.3, -0.25) is 9.13 Å². The number of hydrogen-bond donors (Lipinski definition) is 2. The van der Waals surface area contributed by atoms with Gasteiger partial charge in [-0.2, -0.15) is 0 Å². The predicted molar refractivity (Wildman–Crippen MR) is 71.6 cm³/mol. The van der Waals surface area contributed by atoms with Crippen molar-refractivity contribution in [3.63, 3.8) is 0 Å². The highest BCUT2D eigenvalue weighted by Crippen LogP contribution is 2.13. The number of benzene rings is 1. The zero-order chi connectivity index (χ0) is 13.1. The lowest BCUT2D eigenvalue weighted by atomic mass is 10.2. The van der Waals surface area contributed by atoms with Gasteiger partial charge >= 0.3 is 5.69 Å². The van der Waals surface area contributed by atoms with E-state index in [0.717, 1.165) is 36.1 Å². The molecular formula is C13H19N3O2. The van der Waals surface area contributed by atoms with Crippen molar-refractivity contribution in [2.45, 2.75) is 13.0 Å². The zero-order valence-electron chi connectivity index (χ0n) is 10.8. The molecule has 0 radical (unpaired) electrons. The second kappa shape index (κ2) is 5.37. The Bertz CT molecular complexity index is 598. The van der Waals surface area contributed by atoms with Crippen molar-refractivity contribution < 1.29 is 5.11 Å². The van der Waals surface area contributed by atoms with Gasteiger partial charge in [-0.25, -0.2) is 4.79 Å². The highest BCUT2D eigenvalue weighted by molar-refractivity contribution is 5.76. The number of rotatable bonds is 5. The molecule has 0 bridgehead atoms. The molecule has 0 spiro atoms. The molecule has 0 aliphatic carbocycles. The quantitative estimate of drug-likeness (QED) is 0.752. The molecule has 1 aromatic heterocycles. The van der Waals surface area contributed by atoms with E-state index in [2.05, 4.69) is 5.32 Å². The molecule has 0 saturated carbocycles. The van der Waals surface area contributed by atoms with E-state index in [-0.39, 0.29) is 12.3 Å². The Balaban J connectivity index is 2.22. The highest BCUT2D eigenvalue weighted by atomic mass is 16.3. The number of aliphatic hydroxyl groups is 1. The van der Waals surface area contributed by atoms with E-state index in [9.17, 15) is 4.79 Å². The third-order valence-corrected chi connectivity index (χ3v) is 3.18. The molecule has 0 aliphatic rings. The summed E-state index contributed by atoms with van der Waals surface area (Å²) in [6, 6.07) is 6.02. The summed E-state index contributed by atoms with van der Waals surface area (Å²) < 4.78 is 3.31. The van der Waals surface area contributed by atoms with Crippen LogP contribution < -0.4 is 11.0 Å². The third-order valence-electron chi connectivity index (χ3n) is 3.18. The average Bonchev–Trinajstić information content (AvgIpc) is 2.60. The Morgan fingerprint density at radius 3 is 2.67 bits per heavy atom. The lowest BCUT2D eigenvalue weighted by Crippen LogP contribution is -2.19. The first kappa shape index (κ1) is 12.9. The molecule has 0 saturated heterocycles. The Hall–Kier alpha value is -1.59. The fourth-order valence-corrected chi connectivity index (χ4v) is 2.10. The van der Waals surface area contributed by atoms with Gasteiger partial charge in [0.2, 0.25) is 0 Å². The maximum Gasteiger partial charge on any atom is 0.328 e. The van der Waals surface area contributed by atoms with Crippen LogP contribution in [0.2, 0.25) is 0 Å². The number of aryl methyl sites for hydroxylation is 2. The summed E-state index contributed by atoms with van der Waals surface area (Å²) >= 11 is 0. The van der Waals surface area contributed by atoms with Gasteiger partial charge in [0.15, 0.2) is 0 Å². The number of hydrogen-bond acceptors (Lipinski definition) is 3. The maximum atomic E-state index is 11.8. The summed E-state index contributed by atoms with van der Waals surface area (Å²) in [6.07, 6.45) is 0.756. The normalized spacial score (nSPS) is 11.3. The van der Waals surface area contributed by atoms with Crippen molar-refractivity contribution in [2.75, 3.05) is 13.2 Å². The Kier molecular flexibility index (Phi) is 3.84. The van der Waals surface area contributed by atoms with Crippen LogP contribution in [-0.2, 0) is 20.6 Å². The molecule has 0 amide bonds. The van der Waals surface area contributed by atoms with Gasteiger partial charge in [0.1, 0.15) is 0 Å². The second-order valence-corrected chi connectivity index (χ2v) is 4.48. The van der Waals surface area contributed by atoms with E-state index in [1.54, 1.807) is 23.2 Å². The molecule has 0 aliphatic heterocycles. The summed E-state index contributed by atoms with van der Waals surface area (Å²) in [4.78, 5) is 11.8. The summed E-state index contributed by atoms with van der Waals surface area (Å²) in [5, 5.41) is 11.9. The van der Waals surface area contributed by atoms with Gasteiger partial charge in [0.25, 0.3) is 0 Å². The van der Waals surface area contributed by atoms with E-state index >= 15 is 0 Å². The van der Waals surface area contributed by atoms with Crippen LogP contribution in [0.1, 0.15) is 12.0 Å². The van der Waals surface area contributed by atoms with Crippen LogP contribution in [0.4, 0.5) is 0 Å². The zero-order valence-corrected chi connectivity index (χ0v) is 10.8. The van der Waals surface area contributed by atoms with Crippen molar-refractivity contribution in [2.24, 2.45) is 14.1 Å². The average molecular weight is 249 g/mol. The molecule has 98 valence electrons. The van der Waals surface area contributed by atoms with Crippen molar-refractivity contribution in [1.29, 1.82) is 0 Å². The van der Waals surface area contributed by atoms with E-state index < -0.39 is 0 Å². The Labute approximate surface area is 106 Å². The Morgan fingerprint density at radius 2 is 1.94 bits per heavy atom. The van der Waals surface area contributed by atoms with Crippen LogP contribution in [0, 0.1) is 0 Å². The topological polar surface area (TPSA) is 59.2 Å². The lowest BCUT2D eigenvalue weighted by Gasteiger charge is -2.04. The summed E-state index contributed by atoms with van der Waals surface area (Å²) in [6.45, 7) is 1.75. The molecule has 2 N–H and O–H groups in total. The smallest absolute Gasteiger partial charge is 0.328 e. The Morgan fingerprint density at radius 1 is 1.22 bits per heavy atom. The minimum atomic E-state index is -0.00427. The molecule has 18 heavy (non-hydrogen) atoms. The van der Waals surface area contributed by atoms with Crippen LogP contribution >= 0.6 is 0 Å². The fourth-order valence-electron chi connectivity index (χ4n) is 2.10. The molecule has 0 atom stereocenters. The van der Waals surface area contributed by atoms with Crippen LogP contribution in [0.5, 0.6) is 0 Å². The molecule has 0 unspecified atom stereocenters. The SMILES string of the molecule is Cn1c(=O)n(C)c2cc(CNCCCO)ccc21. The first-order chi connectivity index (χ1) is 8.65. The minimum absolute atomic E-state index is 0.00427. The summed E-state index contributed by atoms with van der Waals surface area (Å²) in [7, 11) is 3.57. The number of imidazole rings is 1. The minimum Gasteiger partial charge on any atom is -0.396 e. The number of nitrogens with zero attached hydrogens (tertiary/aromatic N) is 2. The molecule has 2 aromatic rings. The molecule has 1 aromatic carbocycles. The van der Waals surface area contributed by atoms with Crippen LogP contribution in [0.15, 0.2) is 23.0 Å². The number of fused-ring (bicyclic) bond motifs is 1. The van der Waals surface area contributed by atoms with Gasteiger partial charge in [-0.1, -0.05) is 6.07 Å². The number of nitrogens with one attached hydrogen (secondary N) is 1. The van der Waals surface area contributed by atoms with Crippen molar-refractivity contribution in [3.8, 4) is 0 Å². The lowest BCUT2D eigenvalue weighted by molar-refractivity contribution is 0.286. The molecule has 0 fully saturated rings. The first-order valence-corrected chi connectivity index (χ1v) is 6.11. The summed E-state index contributed by atoms with van der Waals surface area (Å²) in [5.74, 6) is 0. The van der Waals surface area contributed by atoms with Crippen molar-refractivity contribution in [3.05, 3.63) is 34.2 Å². The largest absolute Gasteiger partial charge is 0.396 e. The van der Waals surface area contributed by atoms with E-state index in [4.69, 9.17) is 5.11 Å². The number of aromatic nitrogens is 2. The van der Waals surface area contributed by atoms with Crippen LogP contribution in [0.25, 0.3) is 11.0 Å². The monoisotopic (exact) mass is 249 g/mol. The fraction of sp³-hybridized carbons (Fsp3) is 0.462. The van der Waals surface area contributed by atoms with Gasteiger partial charge < -0.3 is 10.4 Å². The first-order valence-electron chi connectivity index (χ1n) is 6.11. The second-order valence-electron chi connectivity index (χ2n) is 4.48. The van der Waals surface area contributed by atoms with Crippen LogP contribution in [-0.4, -0.2) is 27.4 Å². The standard InChI is InChI=1S/C13H19N3O2/c1-15-11-5-4-10(9-14-6-3-7-17)8-12(11)16(2)13(15)18/h4-5,8,14,17H,3,6-7,9H2,1-2H3. The molecular weight excluding hydrogens is 230 g/mol. The summed E-state index contributed by atoms with van der Waals surface area (Å²) in [5.41, 5.74) is 3.03. The van der Waals surface area contributed by atoms with E-state index in [1.807, 2.05) is 18.2 Å². The molecule has 5 nitrogen and oxygen atoms in total. The van der Waals surface area contributed by atoms with Crippen molar-refractivity contribution >= 4 is 11.0 Å². The van der Waals surface area contributed by atoms with Crippen LogP contribution in [0.3, 0.4) is 0 Å². The van der Waals surface area contributed by atoms with Gasteiger partial charge in [0.05, 0.1) is 11.0 Å². The van der Waals surface area contributed by atoms with Gasteiger partial charge in [-0.05, 0) is 30.7 Å². The third kappa shape index (κ3) is 2.32. The van der Waals surface area contributed by atoms with Gasteiger partial charge in [0, 0.05) is 27.2 Å². The maximum absolute atomic E-state index is 11.8.